The quantitative estimate of drug-likeness (QED) is 0.146. The van der Waals surface area contributed by atoms with E-state index in [0.717, 1.165) is 25.2 Å². The molecule has 1 aliphatic heterocycles. The topological polar surface area (TPSA) is 90.0 Å². The summed E-state index contributed by atoms with van der Waals surface area (Å²) in [6.07, 6.45) is 2.70. The zero-order valence-corrected chi connectivity index (χ0v) is 31.0. The van der Waals surface area contributed by atoms with Crippen LogP contribution < -0.4 is 0 Å². The average Bonchev–Trinajstić information content (AvgIpc) is 3.71. The number of ether oxygens (including phenoxy) is 1. The van der Waals surface area contributed by atoms with Gasteiger partial charge in [-0.2, -0.15) is 0 Å². The Morgan fingerprint density at radius 2 is 1.62 bits per heavy atom. The minimum atomic E-state index is -3.79. The number of amides is 1. The number of hydrogen-bond acceptors (Lipinski definition) is 6. The van der Waals surface area contributed by atoms with Crippen molar-refractivity contribution >= 4 is 53.0 Å². The smallest absolute Gasteiger partial charge is 0.257 e. The van der Waals surface area contributed by atoms with E-state index < -0.39 is 41.4 Å². The molecule has 1 amide bonds. The van der Waals surface area contributed by atoms with Crippen molar-refractivity contribution in [3.63, 3.8) is 0 Å². The van der Waals surface area contributed by atoms with Gasteiger partial charge in [-0.05, 0) is 79.9 Å². The van der Waals surface area contributed by atoms with Crippen LogP contribution in [0.25, 0.3) is 0 Å². The first-order valence-electron chi connectivity index (χ1n) is 15.4. The Kier molecular flexibility index (Phi) is 9.40. The second-order valence-corrected chi connectivity index (χ2v) is 22.0. The van der Waals surface area contributed by atoms with E-state index in [2.05, 4.69) is 33.9 Å². The predicted octanol–water partition coefficient (Wildman–Crippen LogP) is 8.41. The number of sulfone groups is 1. The molecular formula is C35H40Cl2FNO6SSi. The van der Waals surface area contributed by atoms with Gasteiger partial charge in [0.25, 0.3) is 5.91 Å². The Labute approximate surface area is 287 Å². The van der Waals surface area contributed by atoms with Crippen LogP contribution in [0.1, 0.15) is 77.9 Å². The molecule has 5 rings (SSSR count). The van der Waals surface area contributed by atoms with Gasteiger partial charge in [0.1, 0.15) is 5.82 Å². The Morgan fingerprint density at radius 1 is 1.00 bits per heavy atom. The summed E-state index contributed by atoms with van der Waals surface area (Å²) in [6.45, 7) is 12.5. The van der Waals surface area contributed by atoms with Crippen LogP contribution in [-0.4, -0.2) is 52.8 Å². The number of Topliss-reactive ketones (excluding diaryl/α,β-unsaturated/α-hetero) is 1. The van der Waals surface area contributed by atoms with Crippen molar-refractivity contribution in [3.05, 3.63) is 98.3 Å². The second kappa shape index (κ2) is 12.4. The zero-order valence-electron chi connectivity index (χ0n) is 27.7. The summed E-state index contributed by atoms with van der Waals surface area (Å²) >= 11 is 12.5. The lowest BCUT2D eigenvalue weighted by atomic mass is 9.91. The molecule has 47 heavy (non-hydrogen) atoms. The summed E-state index contributed by atoms with van der Waals surface area (Å²) in [4.78, 5) is 28.1. The summed E-state index contributed by atoms with van der Waals surface area (Å²) in [5, 5.41) is 0.626. The Morgan fingerprint density at radius 3 is 2.17 bits per heavy atom. The van der Waals surface area contributed by atoms with Gasteiger partial charge in [0.15, 0.2) is 29.7 Å². The third-order valence-corrected chi connectivity index (χ3v) is 15.9. The summed E-state index contributed by atoms with van der Waals surface area (Å²) < 4.78 is 55.8. The standard InChI is InChI=1S/C35H40Cl2FNO6SSi/c1-22(40)24-16-28-31(29(38)17-24)35(25-9-12-26(36)13-10-25,44-20-34(14-15-34)21-45-47(6,7)33(2,3)4)39(32(28)41)19-23-8-11-27(37)18-30(23)46(5,42)43/h8-13,16-18H,14-15,19-21H2,1-7H3. The van der Waals surface area contributed by atoms with E-state index in [1.807, 2.05) is 0 Å². The molecule has 1 atom stereocenters. The SMILES string of the molecule is CC(=O)c1cc(F)c2c(c1)C(=O)N(Cc1ccc(Cl)cc1S(C)(=O)=O)C2(OCC1(CO[Si](C)(C)C(C)(C)C)CC1)c1ccc(Cl)cc1. The largest absolute Gasteiger partial charge is 0.416 e. The van der Waals surface area contributed by atoms with Crippen LogP contribution in [0.3, 0.4) is 0 Å². The van der Waals surface area contributed by atoms with E-state index in [1.54, 1.807) is 24.3 Å². The Balaban J connectivity index is 1.69. The summed E-state index contributed by atoms with van der Waals surface area (Å²) in [5.74, 6) is -1.82. The van der Waals surface area contributed by atoms with Crippen LogP contribution in [0.15, 0.2) is 59.5 Å². The van der Waals surface area contributed by atoms with Crippen LogP contribution in [0.2, 0.25) is 28.2 Å². The highest BCUT2D eigenvalue weighted by molar-refractivity contribution is 7.90. The number of halogens is 3. The number of fused-ring (bicyclic) bond motifs is 1. The van der Waals surface area contributed by atoms with Gasteiger partial charge < -0.3 is 9.16 Å². The van der Waals surface area contributed by atoms with Gasteiger partial charge in [-0.15, -0.1) is 0 Å². The maximum absolute atomic E-state index is 16.5. The number of rotatable bonds is 11. The number of nitrogens with zero attached hydrogens (tertiary/aromatic N) is 1. The molecule has 0 N–H and O–H groups in total. The Bertz CT molecular complexity index is 1850. The monoisotopic (exact) mass is 719 g/mol. The molecule has 1 saturated carbocycles. The van der Waals surface area contributed by atoms with Crippen LogP contribution in [0.4, 0.5) is 4.39 Å². The fraction of sp³-hybridized carbons (Fsp3) is 0.429. The third kappa shape index (κ3) is 6.82. The van der Waals surface area contributed by atoms with E-state index in [1.165, 1.54) is 36.1 Å². The first-order chi connectivity index (χ1) is 21.7. The molecule has 0 radical (unpaired) electrons. The third-order valence-electron chi connectivity index (χ3n) is 9.77. The van der Waals surface area contributed by atoms with E-state index >= 15 is 4.39 Å². The molecule has 7 nitrogen and oxygen atoms in total. The van der Waals surface area contributed by atoms with Crippen LogP contribution in [0, 0.1) is 11.2 Å². The number of benzene rings is 3. The van der Waals surface area contributed by atoms with Crippen LogP contribution >= 0.6 is 23.2 Å². The normalized spacial score (nSPS) is 19.2. The average molecular weight is 721 g/mol. The van der Waals surface area contributed by atoms with Gasteiger partial charge >= 0.3 is 0 Å². The van der Waals surface area contributed by atoms with Gasteiger partial charge in [0.2, 0.25) is 0 Å². The highest BCUT2D eigenvalue weighted by atomic mass is 35.5. The maximum atomic E-state index is 16.5. The molecule has 1 heterocycles. The number of carbonyl (C=O) groups excluding carboxylic acids is 2. The van der Waals surface area contributed by atoms with Gasteiger partial charge in [-0.1, -0.05) is 62.2 Å². The fourth-order valence-corrected chi connectivity index (χ4v) is 8.04. The molecule has 2 aliphatic rings. The van der Waals surface area contributed by atoms with Crippen molar-refractivity contribution < 1.29 is 31.6 Å². The van der Waals surface area contributed by atoms with Gasteiger partial charge in [0.05, 0.1) is 29.2 Å². The Hall–Kier alpha value is -2.60. The molecule has 0 spiro atoms. The van der Waals surface area contributed by atoms with Crippen molar-refractivity contribution in [2.45, 2.75) is 75.8 Å². The van der Waals surface area contributed by atoms with E-state index in [9.17, 15) is 18.0 Å². The van der Waals surface area contributed by atoms with Gasteiger partial charge in [-0.3, -0.25) is 14.5 Å². The second-order valence-electron chi connectivity index (χ2n) is 14.3. The number of ketones is 1. The van der Waals surface area contributed by atoms with Crippen LogP contribution in [0.5, 0.6) is 0 Å². The lowest BCUT2D eigenvalue weighted by Crippen LogP contribution is -2.48. The van der Waals surface area contributed by atoms with Gasteiger partial charge in [0, 0.05) is 39.4 Å². The molecule has 12 heteroatoms. The minimum Gasteiger partial charge on any atom is -0.416 e. The van der Waals surface area contributed by atoms with Gasteiger partial charge in [-0.25, -0.2) is 12.8 Å². The molecule has 1 unspecified atom stereocenters. The first-order valence-corrected chi connectivity index (χ1v) is 21.0. The molecule has 3 aromatic carbocycles. The number of carbonyl (C=O) groups is 2. The predicted molar refractivity (Wildman–Crippen MR) is 184 cm³/mol. The fourth-order valence-electron chi connectivity index (χ4n) is 5.63. The maximum Gasteiger partial charge on any atom is 0.257 e. The van der Waals surface area contributed by atoms with Crippen molar-refractivity contribution in [2.24, 2.45) is 5.41 Å². The molecule has 1 aliphatic carbocycles. The van der Waals surface area contributed by atoms with Crippen molar-refractivity contribution in [2.75, 3.05) is 19.5 Å². The molecular weight excluding hydrogens is 680 g/mol. The highest BCUT2D eigenvalue weighted by Crippen LogP contribution is 2.53. The number of hydrogen-bond donors (Lipinski definition) is 0. The van der Waals surface area contributed by atoms with Crippen molar-refractivity contribution in [1.29, 1.82) is 0 Å². The van der Waals surface area contributed by atoms with Crippen molar-refractivity contribution in [3.8, 4) is 0 Å². The highest BCUT2D eigenvalue weighted by Gasteiger charge is 2.57. The molecule has 0 saturated heterocycles. The lowest BCUT2D eigenvalue weighted by molar-refractivity contribution is -0.130. The molecule has 3 aromatic rings. The van der Waals surface area contributed by atoms with E-state index in [4.69, 9.17) is 32.4 Å². The zero-order chi connectivity index (χ0) is 34.7. The van der Waals surface area contributed by atoms with Crippen LogP contribution in [-0.2, 0) is 31.3 Å². The van der Waals surface area contributed by atoms with Crippen molar-refractivity contribution in [1.82, 2.24) is 4.90 Å². The first kappa shape index (κ1) is 35.7. The molecule has 0 bridgehead atoms. The summed E-state index contributed by atoms with van der Waals surface area (Å²) in [6, 6.07) is 13.5. The van der Waals surface area contributed by atoms with E-state index in [0.29, 0.717) is 17.2 Å². The molecule has 252 valence electrons. The lowest BCUT2D eigenvalue weighted by Gasteiger charge is -2.41. The molecule has 0 aromatic heterocycles. The minimum absolute atomic E-state index is 0.00444. The summed E-state index contributed by atoms with van der Waals surface area (Å²) in [5.41, 5.74) is -1.56. The van der Waals surface area contributed by atoms with E-state index in [-0.39, 0.29) is 55.8 Å². The molecule has 1 fully saturated rings. The summed E-state index contributed by atoms with van der Waals surface area (Å²) in [7, 11) is -5.89.